The Kier molecular flexibility index (Phi) is 6.62. The summed E-state index contributed by atoms with van der Waals surface area (Å²) < 4.78 is 28.4. The second kappa shape index (κ2) is 10.4. The van der Waals surface area contributed by atoms with Crippen LogP contribution in [0, 0.1) is 17.1 Å². The Bertz CT molecular complexity index is 1640. The van der Waals surface area contributed by atoms with Crippen LogP contribution in [0.3, 0.4) is 0 Å². The highest BCUT2D eigenvalue weighted by Gasteiger charge is 2.31. The van der Waals surface area contributed by atoms with E-state index >= 15 is 0 Å². The average molecular weight is 559 g/mol. The molecular formula is C30H28ClFN6O2. The largest absolute Gasteiger partial charge is 0.472 e. The summed E-state index contributed by atoms with van der Waals surface area (Å²) in [6.45, 7) is 3.75. The van der Waals surface area contributed by atoms with Gasteiger partial charge in [0.15, 0.2) is 5.65 Å². The number of aromatic nitrogens is 4. The van der Waals surface area contributed by atoms with Gasteiger partial charge >= 0.3 is 0 Å². The van der Waals surface area contributed by atoms with Crippen molar-refractivity contribution in [1.29, 1.82) is 5.26 Å². The highest BCUT2D eigenvalue weighted by atomic mass is 35.5. The molecule has 1 atom stereocenters. The molecule has 0 amide bonds. The molecule has 1 saturated heterocycles. The van der Waals surface area contributed by atoms with Crippen LogP contribution < -0.4 is 4.74 Å². The van der Waals surface area contributed by atoms with Crippen LogP contribution in [0.1, 0.15) is 59.0 Å². The molecule has 40 heavy (non-hydrogen) atoms. The molecule has 3 aliphatic rings. The van der Waals surface area contributed by atoms with Crippen LogP contribution in [0.5, 0.6) is 5.88 Å². The number of benzene rings is 1. The molecule has 7 rings (SSSR count). The van der Waals surface area contributed by atoms with Gasteiger partial charge in [0.05, 0.1) is 30.5 Å². The van der Waals surface area contributed by atoms with Crippen LogP contribution in [-0.4, -0.2) is 43.7 Å². The number of nitriles is 1. The lowest BCUT2D eigenvalue weighted by Gasteiger charge is -2.30. The predicted octanol–water partition coefficient (Wildman–Crippen LogP) is 5.29. The Morgan fingerprint density at radius 1 is 1.18 bits per heavy atom. The lowest BCUT2D eigenvalue weighted by atomic mass is 10.0. The van der Waals surface area contributed by atoms with Gasteiger partial charge < -0.3 is 14.0 Å². The second-order valence-electron chi connectivity index (χ2n) is 10.8. The molecule has 0 radical (unpaired) electrons. The Morgan fingerprint density at radius 2 is 2.05 bits per heavy atom. The van der Waals surface area contributed by atoms with E-state index in [1.165, 1.54) is 11.6 Å². The molecule has 204 valence electrons. The maximum absolute atomic E-state index is 14.4. The number of hydrogen-bond donors (Lipinski definition) is 0. The molecule has 3 aromatic heterocycles. The number of ether oxygens (including phenoxy) is 2. The summed E-state index contributed by atoms with van der Waals surface area (Å²) in [6, 6.07) is 10.8. The molecule has 0 N–H and O–H groups in total. The smallest absolute Gasteiger partial charge is 0.217 e. The van der Waals surface area contributed by atoms with E-state index in [0.717, 1.165) is 67.1 Å². The zero-order valence-electron chi connectivity index (χ0n) is 21.9. The topological polar surface area (TPSA) is 89.1 Å². The van der Waals surface area contributed by atoms with Gasteiger partial charge in [0.25, 0.3) is 0 Å². The summed E-state index contributed by atoms with van der Waals surface area (Å²) in [4.78, 5) is 16.8. The summed E-state index contributed by atoms with van der Waals surface area (Å²) >= 11 is 5.92. The highest BCUT2D eigenvalue weighted by molar-refractivity contribution is 6.30. The first kappa shape index (κ1) is 25.4. The fourth-order valence-electron chi connectivity index (χ4n) is 5.50. The summed E-state index contributed by atoms with van der Waals surface area (Å²) in [7, 11) is 0. The molecule has 0 spiro atoms. The lowest BCUT2D eigenvalue weighted by Crippen LogP contribution is -2.34. The third kappa shape index (κ3) is 5.03. The zero-order valence-corrected chi connectivity index (χ0v) is 22.7. The first-order valence-electron chi connectivity index (χ1n) is 13.7. The number of fused-ring (bicyclic) bond motifs is 2. The van der Waals surface area contributed by atoms with Gasteiger partial charge in [-0.25, -0.2) is 19.3 Å². The minimum Gasteiger partial charge on any atom is -0.472 e. The van der Waals surface area contributed by atoms with Gasteiger partial charge in [-0.15, -0.1) is 0 Å². The third-order valence-corrected chi connectivity index (χ3v) is 8.22. The quantitative estimate of drug-likeness (QED) is 0.290. The summed E-state index contributed by atoms with van der Waals surface area (Å²) in [5.41, 5.74) is 5.81. The third-order valence-electron chi connectivity index (χ3n) is 7.99. The van der Waals surface area contributed by atoms with Gasteiger partial charge in [-0.2, -0.15) is 5.26 Å². The van der Waals surface area contributed by atoms with Crippen molar-refractivity contribution < 1.29 is 13.9 Å². The van der Waals surface area contributed by atoms with E-state index in [-0.39, 0.29) is 18.5 Å². The van der Waals surface area contributed by atoms with Gasteiger partial charge in [0.2, 0.25) is 5.88 Å². The van der Waals surface area contributed by atoms with Gasteiger partial charge in [0, 0.05) is 42.0 Å². The number of nitrogens with zero attached hydrogens (tertiary/aromatic N) is 6. The monoisotopic (exact) mass is 558 g/mol. The first-order valence-corrected chi connectivity index (χ1v) is 14.1. The maximum Gasteiger partial charge on any atom is 0.217 e. The molecule has 4 aromatic rings. The van der Waals surface area contributed by atoms with E-state index in [0.29, 0.717) is 47.6 Å². The fourth-order valence-corrected chi connectivity index (χ4v) is 5.66. The number of imidazole rings is 1. The first-order chi connectivity index (χ1) is 19.5. The van der Waals surface area contributed by atoms with Gasteiger partial charge in [-0.1, -0.05) is 17.7 Å². The van der Waals surface area contributed by atoms with Crippen LogP contribution in [0.4, 0.5) is 4.39 Å². The van der Waals surface area contributed by atoms with Crippen LogP contribution in [-0.2, 0) is 37.4 Å². The number of hydrogen-bond acceptors (Lipinski definition) is 7. The van der Waals surface area contributed by atoms with E-state index in [9.17, 15) is 9.65 Å². The Hall–Kier alpha value is -3.58. The summed E-state index contributed by atoms with van der Waals surface area (Å²) in [5, 5.41) is 9.70. The van der Waals surface area contributed by atoms with Crippen molar-refractivity contribution >= 4 is 22.8 Å². The number of pyridine rings is 2. The molecule has 0 bridgehead atoms. The molecule has 10 heteroatoms. The van der Waals surface area contributed by atoms with Gasteiger partial charge in [-0.05, 0) is 61.4 Å². The van der Waals surface area contributed by atoms with Crippen LogP contribution in [0.2, 0.25) is 5.02 Å². The van der Waals surface area contributed by atoms with E-state index in [2.05, 4.69) is 26.6 Å². The van der Waals surface area contributed by atoms with Crippen molar-refractivity contribution in [1.82, 2.24) is 24.4 Å². The van der Waals surface area contributed by atoms with Gasteiger partial charge in [-0.3, -0.25) is 4.90 Å². The predicted molar refractivity (Wildman–Crippen MR) is 146 cm³/mol. The van der Waals surface area contributed by atoms with Crippen LogP contribution in [0.25, 0.3) is 11.2 Å². The number of rotatable bonds is 8. The second-order valence-corrected chi connectivity index (χ2v) is 11.3. The van der Waals surface area contributed by atoms with Crippen molar-refractivity contribution in [3.63, 3.8) is 0 Å². The standard InChI is InChI=1S/C30H28ClFN6O2/c31-22-4-3-21(25(32)11-22)17-40-30-24(19-1-2-19)10-20-5-7-37(15-27(20)36-30)16-28-35-26-9-18(12-33)13-34-29(26)38(28)14-23-6-8-39-23/h3-4,9-11,13,19,23H,1-2,5-8,14-17H2/t23-/m0/s1. The van der Waals surface area contributed by atoms with Crippen molar-refractivity contribution in [2.45, 2.75) is 63.9 Å². The number of halogens is 2. The van der Waals surface area contributed by atoms with Crippen LogP contribution >= 0.6 is 11.6 Å². The van der Waals surface area contributed by atoms with E-state index in [4.69, 9.17) is 31.0 Å². The van der Waals surface area contributed by atoms with Crippen molar-refractivity contribution in [2.75, 3.05) is 13.2 Å². The highest BCUT2D eigenvalue weighted by Crippen LogP contribution is 2.45. The molecule has 2 fully saturated rings. The molecule has 1 saturated carbocycles. The zero-order chi connectivity index (χ0) is 27.2. The summed E-state index contributed by atoms with van der Waals surface area (Å²) in [6.07, 6.45) is 5.91. The van der Waals surface area contributed by atoms with E-state index in [1.54, 1.807) is 24.4 Å². The maximum atomic E-state index is 14.4. The SMILES string of the molecule is N#Cc1cnc2c(c1)nc(CN1CCc3cc(C4CC4)c(OCc4ccc(Cl)cc4F)nc3C1)n2C[C@@H]1CCO1. The molecule has 2 aliphatic heterocycles. The lowest BCUT2D eigenvalue weighted by molar-refractivity contribution is -0.0592. The summed E-state index contributed by atoms with van der Waals surface area (Å²) in [5.74, 6) is 1.58. The molecule has 1 aliphatic carbocycles. The molecule has 8 nitrogen and oxygen atoms in total. The van der Waals surface area contributed by atoms with Crippen molar-refractivity contribution in [2.24, 2.45) is 0 Å². The Labute approximate surface area is 236 Å². The fraction of sp³-hybridized carbons (Fsp3) is 0.400. The van der Waals surface area contributed by atoms with Gasteiger partial charge in [0.1, 0.15) is 29.8 Å². The Morgan fingerprint density at radius 3 is 2.80 bits per heavy atom. The molecule has 1 aromatic carbocycles. The minimum atomic E-state index is -0.379. The Balaban J connectivity index is 1.14. The van der Waals surface area contributed by atoms with Crippen molar-refractivity contribution in [3.05, 3.63) is 81.1 Å². The van der Waals surface area contributed by atoms with E-state index < -0.39 is 0 Å². The molecule has 5 heterocycles. The molecular weight excluding hydrogens is 531 g/mol. The minimum absolute atomic E-state index is 0.100. The normalized spacial score (nSPS) is 18.8. The molecule has 0 unspecified atom stereocenters. The average Bonchev–Trinajstić information content (AvgIpc) is 3.72. The van der Waals surface area contributed by atoms with Crippen molar-refractivity contribution in [3.8, 4) is 11.9 Å². The van der Waals surface area contributed by atoms with Crippen LogP contribution in [0.15, 0.2) is 36.5 Å². The van der Waals surface area contributed by atoms with E-state index in [1.807, 2.05) is 0 Å².